The lowest BCUT2D eigenvalue weighted by Gasteiger charge is -2.10. The zero-order chi connectivity index (χ0) is 12.1. The van der Waals surface area contributed by atoms with Gasteiger partial charge in [-0.25, -0.2) is 0 Å². The van der Waals surface area contributed by atoms with Crippen molar-refractivity contribution in [2.24, 2.45) is 29.1 Å². The van der Waals surface area contributed by atoms with Gasteiger partial charge in [0.25, 0.3) is 0 Å². The fourth-order valence-electron chi connectivity index (χ4n) is 3.39. The summed E-state index contributed by atoms with van der Waals surface area (Å²) >= 11 is 0. The summed E-state index contributed by atoms with van der Waals surface area (Å²) in [7, 11) is 1.37. The van der Waals surface area contributed by atoms with Crippen LogP contribution in [0.4, 0.5) is 0 Å². The van der Waals surface area contributed by atoms with E-state index in [0.29, 0.717) is 6.42 Å². The van der Waals surface area contributed by atoms with Crippen molar-refractivity contribution in [1.29, 1.82) is 0 Å². The second-order valence-corrected chi connectivity index (χ2v) is 5.10. The summed E-state index contributed by atoms with van der Waals surface area (Å²) in [6.45, 7) is 3.96. The minimum Gasteiger partial charge on any atom is -0.481 e. The van der Waals surface area contributed by atoms with Gasteiger partial charge in [-0.15, -0.1) is 0 Å². The normalized spacial score (nSPS) is 44.9. The number of esters is 1. The van der Waals surface area contributed by atoms with Gasteiger partial charge in [-0.2, -0.15) is 0 Å². The molecule has 0 aromatic carbocycles. The molecule has 2 saturated carbocycles. The lowest BCUT2D eigenvalue weighted by molar-refractivity contribution is -0.146. The molecule has 5 unspecified atom stereocenters. The molecule has 0 saturated heterocycles. The first kappa shape index (κ1) is 11.4. The van der Waals surface area contributed by atoms with Crippen molar-refractivity contribution in [1.82, 2.24) is 0 Å². The number of carboxylic acid groups (broad SMARTS) is 1. The first-order chi connectivity index (χ1) is 7.50. The number of carboxylic acids is 1. The highest BCUT2D eigenvalue weighted by Crippen LogP contribution is 2.71. The van der Waals surface area contributed by atoms with E-state index < -0.39 is 11.4 Å². The van der Waals surface area contributed by atoms with Crippen LogP contribution in [-0.2, 0) is 14.3 Å². The van der Waals surface area contributed by atoms with E-state index in [0.717, 1.165) is 6.42 Å². The summed E-state index contributed by atoms with van der Waals surface area (Å²) in [5.74, 6) is -0.771. The van der Waals surface area contributed by atoms with Crippen LogP contribution in [0.15, 0.2) is 0 Å². The molecule has 1 N–H and O–H groups in total. The number of methoxy groups -OCH3 is 1. The molecule has 2 aliphatic carbocycles. The summed E-state index contributed by atoms with van der Waals surface area (Å²) in [5.41, 5.74) is -0.639. The Morgan fingerprint density at radius 2 is 2.06 bits per heavy atom. The third-order valence-corrected chi connectivity index (χ3v) is 4.47. The van der Waals surface area contributed by atoms with Gasteiger partial charge in [-0.3, -0.25) is 9.59 Å². The van der Waals surface area contributed by atoms with E-state index in [-0.39, 0.29) is 29.6 Å². The van der Waals surface area contributed by atoms with E-state index in [4.69, 9.17) is 4.74 Å². The third kappa shape index (κ3) is 1.28. The molecule has 0 amide bonds. The van der Waals surface area contributed by atoms with Gasteiger partial charge in [0.05, 0.1) is 18.4 Å². The Kier molecular flexibility index (Phi) is 2.48. The van der Waals surface area contributed by atoms with Gasteiger partial charge in [0.15, 0.2) is 0 Å². The molecule has 0 aromatic rings. The van der Waals surface area contributed by atoms with Gasteiger partial charge in [0, 0.05) is 0 Å². The minimum atomic E-state index is -0.741. The monoisotopic (exact) mass is 226 g/mol. The Morgan fingerprint density at radius 3 is 2.38 bits per heavy atom. The Hall–Kier alpha value is -1.06. The SMILES string of the molecule is CCC1C(C(=O)OC)C1C1(C(=O)O)CC1C. The molecule has 90 valence electrons. The van der Waals surface area contributed by atoms with Crippen molar-refractivity contribution in [3.05, 3.63) is 0 Å². The van der Waals surface area contributed by atoms with Gasteiger partial charge < -0.3 is 9.84 Å². The van der Waals surface area contributed by atoms with Crippen LogP contribution in [0.25, 0.3) is 0 Å². The summed E-state index contributed by atoms with van der Waals surface area (Å²) in [5, 5.41) is 9.32. The van der Waals surface area contributed by atoms with Crippen LogP contribution in [0.3, 0.4) is 0 Å². The van der Waals surface area contributed by atoms with Gasteiger partial charge >= 0.3 is 11.9 Å². The zero-order valence-corrected chi connectivity index (χ0v) is 9.90. The first-order valence-electron chi connectivity index (χ1n) is 5.81. The first-order valence-corrected chi connectivity index (χ1v) is 5.81. The summed E-state index contributed by atoms with van der Waals surface area (Å²) < 4.78 is 4.74. The average Bonchev–Trinajstić information content (AvgIpc) is 3.10. The number of carbonyl (C=O) groups is 2. The quantitative estimate of drug-likeness (QED) is 0.738. The minimum absolute atomic E-state index is 0.00236. The Bertz CT molecular complexity index is 338. The smallest absolute Gasteiger partial charge is 0.310 e. The van der Waals surface area contributed by atoms with Crippen molar-refractivity contribution in [3.63, 3.8) is 0 Å². The largest absolute Gasteiger partial charge is 0.481 e. The molecule has 4 nitrogen and oxygen atoms in total. The summed E-state index contributed by atoms with van der Waals surface area (Å²) in [4.78, 5) is 22.9. The highest BCUT2D eigenvalue weighted by molar-refractivity contribution is 5.84. The molecular weight excluding hydrogens is 208 g/mol. The van der Waals surface area contributed by atoms with Crippen LogP contribution in [0.5, 0.6) is 0 Å². The summed E-state index contributed by atoms with van der Waals surface area (Å²) in [6.07, 6.45) is 1.56. The van der Waals surface area contributed by atoms with Crippen molar-refractivity contribution >= 4 is 11.9 Å². The molecule has 5 atom stereocenters. The third-order valence-electron chi connectivity index (χ3n) is 4.47. The average molecular weight is 226 g/mol. The maximum absolute atomic E-state index is 11.5. The molecule has 2 rings (SSSR count). The van der Waals surface area contributed by atoms with Gasteiger partial charge in [-0.05, 0) is 24.2 Å². The fourth-order valence-corrected chi connectivity index (χ4v) is 3.39. The molecule has 2 fully saturated rings. The Labute approximate surface area is 95.0 Å². The van der Waals surface area contributed by atoms with Gasteiger partial charge in [0.2, 0.25) is 0 Å². The predicted octanol–water partition coefficient (Wildman–Crippen LogP) is 1.54. The highest BCUT2D eigenvalue weighted by atomic mass is 16.5. The second-order valence-electron chi connectivity index (χ2n) is 5.10. The maximum Gasteiger partial charge on any atom is 0.310 e. The molecule has 2 aliphatic rings. The number of hydrogen-bond acceptors (Lipinski definition) is 3. The van der Waals surface area contributed by atoms with Crippen molar-refractivity contribution in [2.45, 2.75) is 26.7 Å². The van der Waals surface area contributed by atoms with E-state index in [1.54, 1.807) is 0 Å². The number of carbonyl (C=O) groups excluding carboxylic acids is 1. The molecule has 0 heterocycles. The molecule has 4 heteroatoms. The van der Waals surface area contributed by atoms with E-state index in [1.807, 2.05) is 13.8 Å². The van der Waals surface area contributed by atoms with Crippen LogP contribution >= 0.6 is 0 Å². The molecule has 0 bridgehead atoms. The van der Waals surface area contributed by atoms with E-state index in [1.165, 1.54) is 7.11 Å². The number of aliphatic carboxylic acids is 1. The van der Waals surface area contributed by atoms with Crippen molar-refractivity contribution in [3.8, 4) is 0 Å². The molecule has 0 aliphatic heterocycles. The van der Waals surface area contributed by atoms with Gasteiger partial charge in [0.1, 0.15) is 0 Å². The Morgan fingerprint density at radius 1 is 1.50 bits per heavy atom. The maximum atomic E-state index is 11.5. The molecular formula is C12H18O4. The standard InChI is InChI=1S/C12H18O4/c1-4-7-8(10(13)16-3)9(7)12(11(14)15)5-6(12)2/h6-9H,4-5H2,1-3H3,(H,14,15). The molecule has 0 spiro atoms. The van der Waals surface area contributed by atoms with Crippen LogP contribution in [0.2, 0.25) is 0 Å². The lowest BCUT2D eigenvalue weighted by atomic mass is 9.94. The van der Waals surface area contributed by atoms with E-state index in [9.17, 15) is 14.7 Å². The predicted molar refractivity (Wildman–Crippen MR) is 56.6 cm³/mol. The van der Waals surface area contributed by atoms with Crippen LogP contribution < -0.4 is 0 Å². The number of rotatable bonds is 4. The number of hydrogen-bond donors (Lipinski definition) is 1. The zero-order valence-electron chi connectivity index (χ0n) is 9.90. The van der Waals surface area contributed by atoms with E-state index >= 15 is 0 Å². The molecule has 0 aromatic heterocycles. The van der Waals surface area contributed by atoms with Crippen molar-refractivity contribution in [2.75, 3.05) is 7.11 Å². The summed E-state index contributed by atoms with van der Waals surface area (Å²) in [6, 6.07) is 0. The van der Waals surface area contributed by atoms with Crippen LogP contribution in [0.1, 0.15) is 26.7 Å². The lowest BCUT2D eigenvalue weighted by Crippen LogP contribution is -2.22. The number of ether oxygens (including phenoxy) is 1. The topological polar surface area (TPSA) is 63.6 Å². The Balaban J connectivity index is 2.17. The molecule has 16 heavy (non-hydrogen) atoms. The van der Waals surface area contributed by atoms with Gasteiger partial charge in [-0.1, -0.05) is 20.3 Å². The molecule has 0 radical (unpaired) electrons. The fraction of sp³-hybridized carbons (Fsp3) is 0.833. The van der Waals surface area contributed by atoms with Crippen molar-refractivity contribution < 1.29 is 19.4 Å². The van der Waals surface area contributed by atoms with Crippen LogP contribution in [0, 0.1) is 29.1 Å². The highest BCUT2D eigenvalue weighted by Gasteiger charge is 2.74. The van der Waals surface area contributed by atoms with E-state index in [2.05, 4.69) is 0 Å². The second kappa shape index (κ2) is 3.47. The van der Waals surface area contributed by atoms with Crippen LogP contribution in [-0.4, -0.2) is 24.2 Å².